The number of nitro benzene ring substituents is 1. The Morgan fingerprint density at radius 2 is 2.33 bits per heavy atom. The van der Waals surface area contributed by atoms with E-state index in [1.54, 1.807) is 23.6 Å². The first kappa shape index (κ1) is 12.8. The third-order valence-corrected chi connectivity index (χ3v) is 3.51. The molecule has 1 heterocycles. The van der Waals surface area contributed by atoms with Crippen LogP contribution in [0, 0.1) is 17.0 Å². The van der Waals surface area contributed by atoms with Gasteiger partial charge in [-0.2, -0.15) is 0 Å². The number of nitrogens with one attached hydrogen (secondary N) is 1. The quantitative estimate of drug-likeness (QED) is 0.687. The van der Waals surface area contributed by atoms with E-state index in [9.17, 15) is 10.1 Å². The van der Waals surface area contributed by atoms with Crippen molar-refractivity contribution in [1.29, 1.82) is 0 Å². The molecule has 0 bridgehead atoms. The number of anilines is 1. The molecule has 0 fully saturated rings. The van der Waals surface area contributed by atoms with Crippen LogP contribution in [0.3, 0.4) is 0 Å². The zero-order valence-electron chi connectivity index (χ0n) is 9.51. The van der Waals surface area contributed by atoms with Crippen LogP contribution < -0.4 is 5.32 Å². The molecule has 5 nitrogen and oxygen atoms in total. The van der Waals surface area contributed by atoms with Gasteiger partial charge in [0.15, 0.2) is 0 Å². The monoisotopic (exact) mass is 283 g/mol. The number of benzene rings is 1. The number of thiazole rings is 1. The molecule has 2 rings (SSSR count). The van der Waals surface area contributed by atoms with Crippen LogP contribution in [0.5, 0.6) is 0 Å². The van der Waals surface area contributed by atoms with Crippen LogP contribution >= 0.6 is 22.9 Å². The zero-order valence-corrected chi connectivity index (χ0v) is 11.1. The summed E-state index contributed by atoms with van der Waals surface area (Å²) in [4.78, 5) is 15.3. The molecule has 1 N–H and O–H groups in total. The van der Waals surface area contributed by atoms with Gasteiger partial charge in [-0.15, -0.1) is 11.3 Å². The first-order valence-electron chi connectivity index (χ1n) is 5.15. The molecule has 0 radical (unpaired) electrons. The number of rotatable bonds is 4. The summed E-state index contributed by atoms with van der Waals surface area (Å²) in [7, 11) is 0. The third kappa shape index (κ3) is 2.96. The van der Waals surface area contributed by atoms with Gasteiger partial charge in [0.2, 0.25) is 0 Å². The molecule has 1 aromatic heterocycles. The van der Waals surface area contributed by atoms with Gasteiger partial charge >= 0.3 is 0 Å². The number of hydrogen-bond donors (Lipinski definition) is 1. The highest BCUT2D eigenvalue weighted by molar-refractivity contribution is 7.11. The Morgan fingerprint density at radius 3 is 2.89 bits per heavy atom. The molecule has 94 valence electrons. The van der Waals surface area contributed by atoms with Crippen molar-refractivity contribution in [1.82, 2.24) is 4.98 Å². The Labute approximate surface area is 113 Å². The normalized spacial score (nSPS) is 10.3. The van der Waals surface area contributed by atoms with Crippen molar-refractivity contribution >= 4 is 34.3 Å². The number of nitrogens with zero attached hydrogens (tertiary/aromatic N) is 2. The number of halogens is 1. The van der Waals surface area contributed by atoms with Gasteiger partial charge in [-0.25, -0.2) is 4.98 Å². The summed E-state index contributed by atoms with van der Waals surface area (Å²) in [5, 5.41) is 15.0. The number of non-ortho nitro benzene ring substituents is 1. The molecule has 7 heteroatoms. The van der Waals surface area contributed by atoms with E-state index in [0.717, 1.165) is 9.88 Å². The van der Waals surface area contributed by atoms with Gasteiger partial charge in [-0.3, -0.25) is 10.1 Å². The average Bonchev–Trinajstić information content (AvgIpc) is 2.73. The van der Waals surface area contributed by atoms with Crippen molar-refractivity contribution < 1.29 is 4.92 Å². The van der Waals surface area contributed by atoms with Crippen LogP contribution in [0.4, 0.5) is 11.4 Å². The largest absolute Gasteiger partial charge is 0.379 e. The van der Waals surface area contributed by atoms with Gasteiger partial charge in [0.05, 0.1) is 27.2 Å². The number of aromatic nitrogens is 1. The van der Waals surface area contributed by atoms with Crippen molar-refractivity contribution in [3.63, 3.8) is 0 Å². The fourth-order valence-electron chi connectivity index (χ4n) is 1.43. The minimum Gasteiger partial charge on any atom is -0.379 e. The molecule has 0 unspecified atom stereocenters. The van der Waals surface area contributed by atoms with E-state index in [0.29, 0.717) is 17.3 Å². The molecular formula is C11H10ClN3O2S. The summed E-state index contributed by atoms with van der Waals surface area (Å²) in [6.07, 6.45) is 1.80. The second-order valence-electron chi connectivity index (χ2n) is 3.62. The third-order valence-electron chi connectivity index (χ3n) is 2.29. The topological polar surface area (TPSA) is 68.1 Å². The Morgan fingerprint density at radius 1 is 1.56 bits per heavy atom. The second kappa shape index (κ2) is 5.32. The summed E-state index contributed by atoms with van der Waals surface area (Å²) >= 11 is 7.56. The molecule has 18 heavy (non-hydrogen) atoms. The SMILES string of the molecule is Cc1ncc(CNc2ccc([N+](=O)[O-])cc2Cl)s1. The van der Waals surface area contributed by atoms with E-state index in [1.807, 2.05) is 6.92 Å². The Kier molecular flexibility index (Phi) is 3.78. The number of nitro groups is 1. The van der Waals surface area contributed by atoms with Crippen LogP contribution in [0.2, 0.25) is 5.02 Å². The van der Waals surface area contributed by atoms with E-state index in [1.165, 1.54) is 12.1 Å². The molecule has 2 aromatic rings. The Balaban J connectivity index is 2.08. The maximum atomic E-state index is 10.6. The Bertz CT molecular complexity index is 585. The lowest BCUT2D eigenvalue weighted by Gasteiger charge is -2.06. The predicted molar refractivity (Wildman–Crippen MR) is 72.3 cm³/mol. The molecular weight excluding hydrogens is 274 g/mol. The van der Waals surface area contributed by atoms with E-state index in [4.69, 9.17) is 11.6 Å². The summed E-state index contributed by atoms with van der Waals surface area (Å²) < 4.78 is 0. The van der Waals surface area contributed by atoms with Crippen molar-refractivity contribution in [3.8, 4) is 0 Å². The lowest BCUT2D eigenvalue weighted by Crippen LogP contribution is -1.98. The zero-order chi connectivity index (χ0) is 13.1. The van der Waals surface area contributed by atoms with Crippen molar-refractivity contribution in [2.45, 2.75) is 13.5 Å². The molecule has 0 amide bonds. The van der Waals surface area contributed by atoms with Crippen molar-refractivity contribution in [2.75, 3.05) is 5.32 Å². The van der Waals surface area contributed by atoms with Crippen LogP contribution in [0.25, 0.3) is 0 Å². The highest BCUT2D eigenvalue weighted by Crippen LogP contribution is 2.27. The molecule has 0 saturated heterocycles. The minimum atomic E-state index is -0.470. The van der Waals surface area contributed by atoms with Crippen molar-refractivity contribution in [2.24, 2.45) is 0 Å². The lowest BCUT2D eigenvalue weighted by atomic mass is 10.3. The molecule has 0 aliphatic rings. The number of aryl methyl sites for hydroxylation is 1. The van der Waals surface area contributed by atoms with Gasteiger partial charge in [0, 0.05) is 23.2 Å². The summed E-state index contributed by atoms with van der Waals surface area (Å²) in [5.74, 6) is 0. The standard InChI is InChI=1S/C11H10ClN3O2S/c1-7-13-5-9(18-7)6-14-11-3-2-8(15(16)17)4-10(11)12/h2-5,14H,6H2,1H3. The Hall–Kier alpha value is -1.66. The average molecular weight is 284 g/mol. The molecule has 0 atom stereocenters. The minimum absolute atomic E-state index is 0.0146. The fraction of sp³-hybridized carbons (Fsp3) is 0.182. The summed E-state index contributed by atoms with van der Waals surface area (Å²) in [6.45, 7) is 2.54. The summed E-state index contributed by atoms with van der Waals surface area (Å²) in [5.41, 5.74) is 0.660. The maximum Gasteiger partial charge on any atom is 0.271 e. The first-order valence-corrected chi connectivity index (χ1v) is 6.35. The van der Waals surface area contributed by atoms with Gasteiger partial charge < -0.3 is 5.32 Å². The molecule has 1 aromatic carbocycles. The van der Waals surface area contributed by atoms with E-state index in [2.05, 4.69) is 10.3 Å². The smallest absolute Gasteiger partial charge is 0.271 e. The first-order chi connectivity index (χ1) is 8.56. The van der Waals surface area contributed by atoms with Crippen LogP contribution in [0.15, 0.2) is 24.4 Å². The molecule has 0 spiro atoms. The molecule has 0 aliphatic heterocycles. The van der Waals surface area contributed by atoms with Gasteiger partial charge in [0.25, 0.3) is 5.69 Å². The van der Waals surface area contributed by atoms with E-state index in [-0.39, 0.29) is 5.69 Å². The van der Waals surface area contributed by atoms with E-state index >= 15 is 0 Å². The molecule has 0 saturated carbocycles. The predicted octanol–water partition coefficient (Wildman–Crippen LogP) is 3.63. The second-order valence-corrected chi connectivity index (χ2v) is 5.35. The van der Waals surface area contributed by atoms with E-state index < -0.39 is 4.92 Å². The van der Waals surface area contributed by atoms with Gasteiger partial charge in [-0.05, 0) is 13.0 Å². The van der Waals surface area contributed by atoms with Gasteiger partial charge in [0.1, 0.15) is 0 Å². The number of hydrogen-bond acceptors (Lipinski definition) is 5. The highest BCUT2D eigenvalue weighted by Gasteiger charge is 2.09. The fourth-order valence-corrected chi connectivity index (χ4v) is 2.41. The molecule has 0 aliphatic carbocycles. The summed E-state index contributed by atoms with van der Waals surface area (Å²) in [6, 6.07) is 4.36. The van der Waals surface area contributed by atoms with Crippen LogP contribution in [0.1, 0.15) is 9.88 Å². The van der Waals surface area contributed by atoms with Gasteiger partial charge in [-0.1, -0.05) is 11.6 Å². The lowest BCUT2D eigenvalue weighted by molar-refractivity contribution is -0.384. The van der Waals surface area contributed by atoms with Crippen molar-refractivity contribution in [3.05, 3.63) is 49.4 Å². The van der Waals surface area contributed by atoms with Crippen LogP contribution in [-0.4, -0.2) is 9.91 Å². The maximum absolute atomic E-state index is 10.6. The van der Waals surface area contributed by atoms with Crippen LogP contribution in [-0.2, 0) is 6.54 Å². The highest BCUT2D eigenvalue weighted by atomic mass is 35.5.